The lowest BCUT2D eigenvalue weighted by molar-refractivity contribution is -0.384. The lowest BCUT2D eigenvalue weighted by Gasteiger charge is -2.05. The maximum Gasteiger partial charge on any atom is 0.280 e. The number of aryl methyl sites for hydroxylation is 1. The Kier molecular flexibility index (Phi) is 5.32. The largest absolute Gasteiger partial charge is 0.290 e. The number of para-hydroxylation sites is 1. The Morgan fingerprint density at radius 2 is 1.65 bits per heavy atom. The fourth-order valence-electron chi connectivity index (χ4n) is 3.41. The van der Waals surface area contributed by atoms with E-state index in [1.54, 1.807) is 13.0 Å². The Balaban J connectivity index is 1.92. The van der Waals surface area contributed by atoms with Crippen LogP contribution < -0.4 is 5.56 Å². The van der Waals surface area contributed by atoms with Crippen molar-refractivity contribution >= 4 is 17.1 Å². The van der Waals surface area contributed by atoms with E-state index in [9.17, 15) is 14.9 Å². The summed E-state index contributed by atoms with van der Waals surface area (Å²) in [4.78, 5) is 28.7. The van der Waals surface area contributed by atoms with Crippen molar-refractivity contribution in [2.24, 2.45) is 4.99 Å². The highest BCUT2D eigenvalue weighted by molar-refractivity contribution is 6.05. The van der Waals surface area contributed by atoms with Gasteiger partial charge >= 0.3 is 0 Å². The Morgan fingerprint density at radius 1 is 1.00 bits per heavy atom. The molecule has 1 heterocycles. The summed E-state index contributed by atoms with van der Waals surface area (Å²) in [5, 5.41) is 14.4. The summed E-state index contributed by atoms with van der Waals surface area (Å²) in [5.41, 5.74) is 4.02. The monoisotopic (exact) mass is 412 g/mol. The first-order chi connectivity index (χ1) is 15.0. The maximum atomic E-state index is 13.4. The number of nitro groups is 1. The average molecular weight is 412 g/mol. The molecule has 154 valence electrons. The zero-order valence-electron chi connectivity index (χ0n) is 17.1. The van der Waals surface area contributed by atoms with E-state index < -0.39 is 4.92 Å². The van der Waals surface area contributed by atoms with Gasteiger partial charge in [0.25, 0.3) is 11.2 Å². The second kappa shape index (κ2) is 8.23. The number of H-pyrrole nitrogens is 1. The van der Waals surface area contributed by atoms with Crippen LogP contribution in [0.2, 0.25) is 0 Å². The number of nitrogens with zero attached hydrogens (tertiary/aromatic N) is 3. The van der Waals surface area contributed by atoms with Gasteiger partial charge in [-0.2, -0.15) is 0 Å². The van der Waals surface area contributed by atoms with Gasteiger partial charge in [-0.15, -0.1) is 0 Å². The van der Waals surface area contributed by atoms with Gasteiger partial charge in [-0.05, 0) is 31.5 Å². The molecule has 4 rings (SSSR count). The van der Waals surface area contributed by atoms with Crippen molar-refractivity contribution in [3.05, 3.63) is 110 Å². The van der Waals surface area contributed by atoms with Gasteiger partial charge in [0, 0.05) is 17.7 Å². The third-order valence-corrected chi connectivity index (χ3v) is 5.02. The number of nitrogens with one attached hydrogen (secondary N) is 1. The highest BCUT2D eigenvalue weighted by Gasteiger charge is 2.20. The minimum Gasteiger partial charge on any atom is -0.290 e. The number of benzene rings is 3. The van der Waals surface area contributed by atoms with E-state index in [0.717, 1.165) is 11.1 Å². The number of aromatic nitrogens is 2. The number of hydrogen-bond acceptors (Lipinski definition) is 4. The molecule has 0 saturated heterocycles. The second-order valence-electron chi connectivity index (χ2n) is 7.13. The molecule has 0 aliphatic rings. The van der Waals surface area contributed by atoms with Crippen LogP contribution in [0.5, 0.6) is 0 Å². The molecule has 0 bridgehead atoms. The third-order valence-electron chi connectivity index (χ3n) is 5.02. The minimum absolute atomic E-state index is 0.0452. The Morgan fingerprint density at radius 3 is 2.29 bits per heavy atom. The van der Waals surface area contributed by atoms with Crippen LogP contribution in [0.3, 0.4) is 0 Å². The summed E-state index contributed by atoms with van der Waals surface area (Å²) in [6, 6.07) is 23.3. The van der Waals surface area contributed by atoms with Crippen molar-refractivity contribution in [1.82, 2.24) is 9.78 Å². The van der Waals surface area contributed by atoms with Gasteiger partial charge in [0.15, 0.2) is 0 Å². The maximum absolute atomic E-state index is 13.4. The van der Waals surface area contributed by atoms with Gasteiger partial charge < -0.3 is 0 Å². The normalized spacial score (nSPS) is 11.5. The number of rotatable bonds is 5. The highest BCUT2D eigenvalue weighted by atomic mass is 16.6. The summed E-state index contributed by atoms with van der Waals surface area (Å²) in [6.07, 6.45) is 0. The molecule has 1 aromatic heterocycles. The zero-order chi connectivity index (χ0) is 22.0. The smallest absolute Gasteiger partial charge is 0.280 e. The van der Waals surface area contributed by atoms with Crippen LogP contribution >= 0.6 is 0 Å². The zero-order valence-corrected chi connectivity index (χ0v) is 17.1. The highest BCUT2D eigenvalue weighted by Crippen LogP contribution is 2.27. The fourth-order valence-corrected chi connectivity index (χ4v) is 3.41. The van der Waals surface area contributed by atoms with Crippen molar-refractivity contribution in [2.75, 3.05) is 0 Å². The number of aliphatic imine (C=N–C) groups is 1. The third kappa shape index (κ3) is 3.93. The molecule has 0 unspecified atom stereocenters. The van der Waals surface area contributed by atoms with Gasteiger partial charge in [0.05, 0.1) is 33.3 Å². The van der Waals surface area contributed by atoms with Gasteiger partial charge in [-0.25, -0.2) is 4.68 Å². The van der Waals surface area contributed by atoms with E-state index in [2.05, 4.69) is 10.1 Å². The molecule has 0 spiro atoms. The number of nitro benzene ring substituents is 1. The fraction of sp³-hybridized carbons (Fsp3) is 0.0833. The van der Waals surface area contributed by atoms with Crippen LogP contribution in [0.25, 0.3) is 16.9 Å². The minimum atomic E-state index is -0.456. The van der Waals surface area contributed by atoms with E-state index in [4.69, 9.17) is 0 Å². The van der Waals surface area contributed by atoms with Gasteiger partial charge in [-0.1, -0.05) is 54.6 Å². The van der Waals surface area contributed by atoms with Crippen molar-refractivity contribution in [1.29, 1.82) is 0 Å². The van der Waals surface area contributed by atoms with Crippen LogP contribution in [-0.2, 0) is 0 Å². The first-order valence-electron chi connectivity index (χ1n) is 9.72. The molecule has 0 saturated carbocycles. The molecule has 1 N–H and O–H groups in total. The molecule has 7 nitrogen and oxygen atoms in total. The average Bonchev–Trinajstić information content (AvgIpc) is 3.13. The Bertz CT molecular complexity index is 1340. The molecular weight excluding hydrogens is 392 g/mol. The molecule has 0 atom stereocenters. The first kappa shape index (κ1) is 20.0. The van der Waals surface area contributed by atoms with E-state index in [0.29, 0.717) is 28.3 Å². The molecule has 4 aromatic rings. The van der Waals surface area contributed by atoms with Gasteiger partial charge in [-0.3, -0.25) is 25.0 Å². The second-order valence-corrected chi connectivity index (χ2v) is 7.13. The Labute approximate surface area is 178 Å². The van der Waals surface area contributed by atoms with Crippen molar-refractivity contribution < 1.29 is 4.92 Å². The molecular formula is C24H20N4O3. The summed E-state index contributed by atoms with van der Waals surface area (Å²) in [5.74, 6) is 0. The van der Waals surface area contributed by atoms with Crippen LogP contribution in [-0.4, -0.2) is 20.4 Å². The summed E-state index contributed by atoms with van der Waals surface area (Å²) >= 11 is 0. The SMILES string of the molecule is CC(=Nc1cc([N+](=O)[O-])ccc1C)c1c(-c2ccccc2)[nH]n(-c2ccccc2)c1=O. The van der Waals surface area contributed by atoms with Gasteiger partial charge in [0.2, 0.25) is 0 Å². The molecule has 0 aliphatic heterocycles. The van der Waals surface area contributed by atoms with Crippen molar-refractivity contribution in [2.45, 2.75) is 13.8 Å². The van der Waals surface area contributed by atoms with Gasteiger partial charge in [0.1, 0.15) is 0 Å². The predicted molar refractivity (Wildman–Crippen MR) is 122 cm³/mol. The molecule has 0 fully saturated rings. The predicted octanol–water partition coefficient (Wildman–Crippen LogP) is 5.19. The number of aromatic amines is 1. The van der Waals surface area contributed by atoms with Crippen LogP contribution in [0, 0.1) is 17.0 Å². The van der Waals surface area contributed by atoms with Crippen molar-refractivity contribution in [3.8, 4) is 16.9 Å². The standard InChI is InChI=1S/C24H20N4O3/c1-16-13-14-20(28(30)31)15-21(16)25-17(2)22-23(18-9-5-3-6-10-18)26-27(24(22)29)19-11-7-4-8-12-19/h3-15,26H,1-2H3. The molecule has 3 aromatic carbocycles. The van der Waals surface area contributed by atoms with E-state index >= 15 is 0 Å². The molecule has 0 aliphatic carbocycles. The van der Waals surface area contributed by atoms with Crippen LogP contribution in [0.15, 0.2) is 88.6 Å². The first-order valence-corrected chi connectivity index (χ1v) is 9.72. The molecule has 31 heavy (non-hydrogen) atoms. The van der Waals surface area contributed by atoms with E-state index in [1.807, 2.05) is 67.6 Å². The Hall–Kier alpha value is -4.26. The van der Waals surface area contributed by atoms with E-state index in [-0.39, 0.29) is 11.2 Å². The van der Waals surface area contributed by atoms with E-state index in [1.165, 1.54) is 16.8 Å². The lowest BCUT2D eigenvalue weighted by atomic mass is 10.0. The van der Waals surface area contributed by atoms with Crippen LogP contribution in [0.4, 0.5) is 11.4 Å². The molecule has 7 heteroatoms. The molecule has 0 radical (unpaired) electrons. The molecule has 0 amide bonds. The lowest BCUT2D eigenvalue weighted by Crippen LogP contribution is -2.19. The quantitative estimate of drug-likeness (QED) is 0.278. The summed E-state index contributed by atoms with van der Waals surface area (Å²) in [7, 11) is 0. The summed E-state index contributed by atoms with van der Waals surface area (Å²) in [6.45, 7) is 3.57. The number of hydrogen-bond donors (Lipinski definition) is 1. The topological polar surface area (TPSA) is 93.3 Å². The number of non-ortho nitro benzene ring substituents is 1. The van der Waals surface area contributed by atoms with Crippen molar-refractivity contribution in [3.63, 3.8) is 0 Å². The van der Waals surface area contributed by atoms with Crippen LogP contribution in [0.1, 0.15) is 18.1 Å². The summed E-state index contributed by atoms with van der Waals surface area (Å²) < 4.78 is 1.48.